The summed E-state index contributed by atoms with van der Waals surface area (Å²) in [7, 11) is -1.99. The lowest BCUT2D eigenvalue weighted by atomic mass is 10.2. The molecule has 6 nitrogen and oxygen atoms in total. The van der Waals surface area contributed by atoms with Crippen molar-refractivity contribution in [3.8, 4) is 0 Å². The Bertz CT molecular complexity index is 465. The summed E-state index contributed by atoms with van der Waals surface area (Å²) in [5.41, 5.74) is 6.42. The second-order valence-corrected chi connectivity index (χ2v) is 6.11. The molecule has 1 rings (SSSR count). The average Bonchev–Trinajstić information content (AvgIpc) is 2.44. The molecule has 0 bridgehead atoms. The highest BCUT2D eigenvalue weighted by atomic mass is 32.2. The number of rotatable bonds is 10. The second kappa shape index (κ2) is 9.04. The van der Waals surface area contributed by atoms with Gasteiger partial charge in [-0.3, -0.25) is 0 Å². The molecule has 0 aliphatic carbocycles. The molecule has 20 heavy (non-hydrogen) atoms. The van der Waals surface area contributed by atoms with E-state index in [1.54, 1.807) is 0 Å². The van der Waals surface area contributed by atoms with Crippen molar-refractivity contribution >= 4 is 10.2 Å². The lowest BCUT2D eigenvalue weighted by Gasteiger charge is -2.22. The number of benzene rings is 1. The fourth-order valence-electron chi connectivity index (χ4n) is 1.70. The summed E-state index contributed by atoms with van der Waals surface area (Å²) in [4.78, 5) is 0. The van der Waals surface area contributed by atoms with E-state index in [9.17, 15) is 8.42 Å². The molecule has 0 radical (unpaired) electrons. The van der Waals surface area contributed by atoms with Gasteiger partial charge in [0.2, 0.25) is 0 Å². The molecule has 114 valence electrons. The van der Waals surface area contributed by atoms with Crippen molar-refractivity contribution in [2.75, 3.05) is 33.4 Å². The molecule has 0 amide bonds. The Balaban J connectivity index is 2.72. The van der Waals surface area contributed by atoms with E-state index >= 15 is 0 Å². The van der Waals surface area contributed by atoms with Crippen molar-refractivity contribution in [2.45, 2.75) is 13.0 Å². The Hall–Kier alpha value is -0.990. The zero-order valence-electron chi connectivity index (χ0n) is 11.8. The first-order chi connectivity index (χ1) is 9.60. The molecule has 0 atom stereocenters. The van der Waals surface area contributed by atoms with E-state index < -0.39 is 10.2 Å². The Kier molecular flexibility index (Phi) is 7.71. The molecule has 3 N–H and O–H groups in total. The third kappa shape index (κ3) is 5.98. The monoisotopic (exact) mass is 301 g/mol. The molecule has 0 fully saturated rings. The van der Waals surface area contributed by atoms with Gasteiger partial charge < -0.3 is 10.5 Å². The standard InChI is InChI=1S/C13H23N3O3S/c1-19-11-9-15-20(17,18)16(10-5-8-14)12-13-6-3-2-4-7-13/h2-4,6-7,15H,5,8-12,14H2,1H3. The summed E-state index contributed by atoms with van der Waals surface area (Å²) in [5.74, 6) is 0. The van der Waals surface area contributed by atoms with E-state index in [2.05, 4.69) is 4.72 Å². The average molecular weight is 301 g/mol. The van der Waals surface area contributed by atoms with Crippen molar-refractivity contribution in [1.82, 2.24) is 9.03 Å². The van der Waals surface area contributed by atoms with Crippen molar-refractivity contribution in [3.05, 3.63) is 35.9 Å². The van der Waals surface area contributed by atoms with Gasteiger partial charge in [-0.1, -0.05) is 30.3 Å². The van der Waals surface area contributed by atoms with Gasteiger partial charge in [-0.05, 0) is 18.5 Å². The van der Waals surface area contributed by atoms with Gasteiger partial charge in [-0.25, -0.2) is 0 Å². The highest BCUT2D eigenvalue weighted by Crippen LogP contribution is 2.08. The number of hydrogen-bond donors (Lipinski definition) is 2. The van der Waals surface area contributed by atoms with E-state index in [1.807, 2.05) is 30.3 Å². The SMILES string of the molecule is COCCNS(=O)(=O)N(CCCN)Cc1ccccc1. The third-order valence-electron chi connectivity index (χ3n) is 2.74. The molecule has 7 heteroatoms. The number of nitrogens with one attached hydrogen (secondary N) is 1. The van der Waals surface area contributed by atoms with Crippen LogP contribution in [0.2, 0.25) is 0 Å². The van der Waals surface area contributed by atoms with Gasteiger partial charge in [-0.2, -0.15) is 17.4 Å². The van der Waals surface area contributed by atoms with Crippen molar-refractivity contribution in [2.24, 2.45) is 5.73 Å². The molecule has 0 aliphatic rings. The molecule has 0 unspecified atom stereocenters. The minimum atomic E-state index is -3.52. The number of nitrogens with two attached hydrogens (primary N) is 1. The molecule has 0 aliphatic heterocycles. The Morgan fingerprint density at radius 3 is 2.60 bits per heavy atom. The summed E-state index contributed by atoms with van der Waals surface area (Å²) < 4.78 is 33.2. The number of methoxy groups -OCH3 is 1. The van der Waals surface area contributed by atoms with Gasteiger partial charge in [0.1, 0.15) is 0 Å². The highest BCUT2D eigenvalue weighted by Gasteiger charge is 2.20. The first-order valence-corrected chi connectivity index (χ1v) is 8.02. The van der Waals surface area contributed by atoms with Crippen LogP contribution in [-0.2, 0) is 21.5 Å². The third-order valence-corrected chi connectivity index (χ3v) is 4.30. The van der Waals surface area contributed by atoms with Crippen molar-refractivity contribution in [1.29, 1.82) is 0 Å². The molecule has 0 aromatic heterocycles. The van der Waals surface area contributed by atoms with Gasteiger partial charge in [0.05, 0.1) is 6.61 Å². The van der Waals surface area contributed by atoms with E-state index in [4.69, 9.17) is 10.5 Å². The molecular formula is C13H23N3O3S. The summed E-state index contributed by atoms with van der Waals surface area (Å²) >= 11 is 0. The van der Waals surface area contributed by atoms with Crippen LogP contribution in [0.1, 0.15) is 12.0 Å². The van der Waals surface area contributed by atoms with Crippen LogP contribution >= 0.6 is 0 Å². The predicted molar refractivity (Wildman–Crippen MR) is 79.3 cm³/mol. The number of nitrogens with zero attached hydrogens (tertiary/aromatic N) is 1. The Morgan fingerprint density at radius 2 is 2.00 bits per heavy atom. The first kappa shape index (κ1) is 17.1. The Morgan fingerprint density at radius 1 is 1.30 bits per heavy atom. The zero-order chi connectivity index (χ0) is 14.8. The molecule has 0 saturated carbocycles. The van der Waals surface area contributed by atoms with Crippen LogP contribution in [0.15, 0.2) is 30.3 Å². The first-order valence-electron chi connectivity index (χ1n) is 6.58. The van der Waals surface area contributed by atoms with Crippen LogP contribution in [0, 0.1) is 0 Å². The van der Waals surface area contributed by atoms with Gasteiger partial charge in [-0.15, -0.1) is 0 Å². The predicted octanol–water partition coefficient (Wildman–Crippen LogP) is 0.318. The maximum Gasteiger partial charge on any atom is 0.279 e. The minimum Gasteiger partial charge on any atom is -0.383 e. The molecular weight excluding hydrogens is 278 g/mol. The maximum absolute atomic E-state index is 12.2. The summed E-state index contributed by atoms with van der Waals surface area (Å²) in [6.07, 6.45) is 0.623. The fourth-order valence-corrected chi connectivity index (χ4v) is 2.92. The fraction of sp³-hybridized carbons (Fsp3) is 0.538. The number of hydrogen-bond acceptors (Lipinski definition) is 4. The zero-order valence-corrected chi connectivity index (χ0v) is 12.6. The van der Waals surface area contributed by atoms with Crippen LogP contribution in [0.4, 0.5) is 0 Å². The second-order valence-electron chi connectivity index (χ2n) is 4.35. The normalized spacial score (nSPS) is 11.9. The largest absolute Gasteiger partial charge is 0.383 e. The van der Waals surface area contributed by atoms with E-state index in [0.717, 1.165) is 5.56 Å². The minimum absolute atomic E-state index is 0.257. The van der Waals surface area contributed by atoms with Crippen LogP contribution in [0.5, 0.6) is 0 Å². The smallest absolute Gasteiger partial charge is 0.279 e. The van der Waals surface area contributed by atoms with Crippen molar-refractivity contribution < 1.29 is 13.2 Å². The highest BCUT2D eigenvalue weighted by molar-refractivity contribution is 7.87. The molecule has 1 aromatic carbocycles. The summed E-state index contributed by atoms with van der Waals surface area (Å²) in [6, 6.07) is 9.49. The maximum atomic E-state index is 12.2. The van der Waals surface area contributed by atoms with Crippen molar-refractivity contribution in [3.63, 3.8) is 0 Å². The van der Waals surface area contributed by atoms with Crippen LogP contribution in [0.25, 0.3) is 0 Å². The summed E-state index contributed by atoms with van der Waals surface area (Å²) in [5, 5.41) is 0. The van der Waals surface area contributed by atoms with Gasteiger partial charge in [0, 0.05) is 26.7 Å². The summed E-state index contributed by atoms with van der Waals surface area (Å²) in [6.45, 7) is 1.79. The van der Waals surface area contributed by atoms with Crippen LogP contribution in [0.3, 0.4) is 0 Å². The quantitative estimate of drug-likeness (QED) is 0.610. The Labute approximate surface area is 121 Å². The molecule has 0 saturated heterocycles. The van der Waals surface area contributed by atoms with E-state index in [0.29, 0.717) is 32.7 Å². The van der Waals surface area contributed by atoms with E-state index in [1.165, 1.54) is 11.4 Å². The topological polar surface area (TPSA) is 84.7 Å². The van der Waals surface area contributed by atoms with Gasteiger partial charge >= 0.3 is 0 Å². The van der Waals surface area contributed by atoms with Gasteiger partial charge in [0.25, 0.3) is 10.2 Å². The number of ether oxygens (including phenoxy) is 1. The lowest BCUT2D eigenvalue weighted by molar-refractivity contribution is 0.203. The lowest BCUT2D eigenvalue weighted by Crippen LogP contribution is -2.42. The van der Waals surface area contributed by atoms with Gasteiger partial charge in [0.15, 0.2) is 0 Å². The van der Waals surface area contributed by atoms with Crippen LogP contribution in [-0.4, -0.2) is 46.1 Å². The molecule has 0 heterocycles. The van der Waals surface area contributed by atoms with E-state index in [-0.39, 0.29) is 6.54 Å². The molecule has 0 spiro atoms. The molecule has 1 aromatic rings. The van der Waals surface area contributed by atoms with Crippen LogP contribution < -0.4 is 10.5 Å².